The lowest BCUT2D eigenvalue weighted by molar-refractivity contribution is -0.139. The molecule has 0 aliphatic carbocycles. The summed E-state index contributed by atoms with van der Waals surface area (Å²) in [6.45, 7) is 3.76. The molecule has 182 valence electrons. The molecule has 1 aliphatic heterocycles. The minimum absolute atomic E-state index is 0.215. The number of benzene rings is 3. The summed E-state index contributed by atoms with van der Waals surface area (Å²) in [4.78, 5) is 32.4. The van der Waals surface area contributed by atoms with Crippen molar-refractivity contribution in [3.8, 4) is 5.75 Å². The van der Waals surface area contributed by atoms with Gasteiger partial charge in [0.2, 0.25) is 0 Å². The lowest BCUT2D eigenvalue weighted by Gasteiger charge is -2.27. The van der Waals surface area contributed by atoms with Gasteiger partial charge in [0.15, 0.2) is 4.80 Å². The first-order chi connectivity index (χ1) is 17.4. The third-order valence-electron chi connectivity index (χ3n) is 6.11. The summed E-state index contributed by atoms with van der Waals surface area (Å²) in [7, 11) is 1.59. The van der Waals surface area contributed by atoms with Crippen LogP contribution >= 0.6 is 33.9 Å². The summed E-state index contributed by atoms with van der Waals surface area (Å²) in [5, 5.41) is 1.87. The van der Waals surface area contributed by atoms with Gasteiger partial charge in [-0.15, -0.1) is 0 Å². The Labute approximate surface area is 225 Å². The number of methoxy groups -OCH3 is 1. The van der Waals surface area contributed by atoms with Crippen LogP contribution in [0.4, 0.5) is 0 Å². The van der Waals surface area contributed by atoms with Crippen molar-refractivity contribution in [1.82, 2.24) is 4.57 Å². The van der Waals surface area contributed by atoms with E-state index in [1.54, 1.807) is 25.5 Å². The molecule has 0 unspecified atom stereocenters. The lowest BCUT2D eigenvalue weighted by atomic mass is 9.90. The highest BCUT2D eigenvalue weighted by molar-refractivity contribution is 14.1. The fourth-order valence-corrected chi connectivity index (χ4v) is 5.92. The van der Waals surface area contributed by atoms with Crippen LogP contribution in [0.15, 0.2) is 81.7 Å². The smallest absolute Gasteiger partial charge is 0.338 e. The van der Waals surface area contributed by atoms with Crippen molar-refractivity contribution in [2.24, 2.45) is 4.99 Å². The van der Waals surface area contributed by atoms with Crippen LogP contribution in [0, 0.1) is 3.57 Å². The molecule has 0 bridgehead atoms. The van der Waals surface area contributed by atoms with Gasteiger partial charge in [-0.05, 0) is 77.0 Å². The van der Waals surface area contributed by atoms with Gasteiger partial charge in [-0.1, -0.05) is 53.8 Å². The second-order valence-electron chi connectivity index (χ2n) is 8.26. The van der Waals surface area contributed by atoms with E-state index in [1.807, 2.05) is 66.7 Å². The Morgan fingerprint density at radius 3 is 2.61 bits per heavy atom. The number of thiazole rings is 1. The lowest BCUT2D eigenvalue weighted by Crippen LogP contribution is -2.40. The number of rotatable bonds is 5. The molecular weight excluding hydrogens is 587 g/mol. The van der Waals surface area contributed by atoms with Gasteiger partial charge in [-0.25, -0.2) is 9.79 Å². The zero-order valence-electron chi connectivity index (χ0n) is 19.9. The number of carbonyl (C=O) groups is 1. The molecular formula is C28H23IN2O4S. The number of carbonyl (C=O) groups excluding carboxylic acids is 1. The first kappa shape index (κ1) is 24.5. The molecule has 1 aromatic heterocycles. The average molecular weight is 610 g/mol. The van der Waals surface area contributed by atoms with E-state index >= 15 is 0 Å². The summed E-state index contributed by atoms with van der Waals surface area (Å²) in [6.07, 6.45) is 1.86. The molecule has 0 N–H and O–H groups in total. The van der Waals surface area contributed by atoms with Crippen LogP contribution in [0.1, 0.15) is 31.0 Å². The molecule has 3 aromatic carbocycles. The van der Waals surface area contributed by atoms with Crippen LogP contribution in [0.5, 0.6) is 5.75 Å². The Balaban J connectivity index is 1.84. The number of esters is 1. The van der Waals surface area contributed by atoms with Crippen LogP contribution in [0.3, 0.4) is 0 Å². The fourth-order valence-electron chi connectivity index (χ4n) is 4.51. The topological polar surface area (TPSA) is 69.9 Å². The van der Waals surface area contributed by atoms with E-state index in [-0.39, 0.29) is 12.2 Å². The summed E-state index contributed by atoms with van der Waals surface area (Å²) >= 11 is 3.56. The van der Waals surface area contributed by atoms with E-state index in [0.29, 0.717) is 26.4 Å². The van der Waals surface area contributed by atoms with Gasteiger partial charge in [0.05, 0.1) is 29.5 Å². The van der Waals surface area contributed by atoms with Crippen molar-refractivity contribution in [2.45, 2.75) is 19.9 Å². The van der Waals surface area contributed by atoms with Gasteiger partial charge in [0, 0.05) is 9.13 Å². The van der Waals surface area contributed by atoms with Crippen LogP contribution in [-0.4, -0.2) is 24.3 Å². The Morgan fingerprint density at radius 2 is 1.89 bits per heavy atom. The first-order valence-corrected chi connectivity index (χ1v) is 13.3. The molecule has 5 rings (SSSR count). The number of hydrogen-bond donors (Lipinski definition) is 0. The summed E-state index contributed by atoms with van der Waals surface area (Å²) < 4.78 is 14.5. The molecule has 1 aliphatic rings. The molecule has 6 nitrogen and oxygen atoms in total. The molecule has 0 saturated heterocycles. The molecule has 1 atom stereocenters. The van der Waals surface area contributed by atoms with Gasteiger partial charge < -0.3 is 9.47 Å². The van der Waals surface area contributed by atoms with Crippen LogP contribution in [0.2, 0.25) is 0 Å². The van der Waals surface area contributed by atoms with Crippen molar-refractivity contribution >= 4 is 56.7 Å². The van der Waals surface area contributed by atoms with Gasteiger partial charge in [0.1, 0.15) is 11.8 Å². The zero-order valence-corrected chi connectivity index (χ0v) is 22.9. The number of hydrogen-bond acceptors (Lipinski definition) is 6. The molecule has 0 saturated carbocycles. The maximum absolute atomic E-state index is 13.9. The van der Waals surface area contributed by atoms with Crippen molar-refractivity contribution in [3.05, 3.63) is 106 Å². The second-order valence-corrected chi connectivity index (χ2v) is 10.5. The van der Waals surface area contributed by atoms with Crippen molar-refractivity contribution in [1.29, 1.82) is 0 Å². The van der Waals surface area contributed by atoms with E-state index < -0.39 is 12.0 Å². The highest BCUT2D eigenvalue weighted by atomic mass is 127. The van der Waals surface area contributed by atoms with E-state index in [2.05, 4.69) is 27.6 Å². The van der Waals surface area contributed by atoms with Crippen molar-refractivity contribution < 1.29 is 14.3 Å². The Morgan fingerprint density at radius 1 is 1.14 bits per heavy atom. The molecule has 0 fully saturated rings. The monoisotopic (exact) mass is 610 g/mol. The van der Waals surface area contributed by atoms with E-state index in [1.165, 1.54) is 11.3 Å². The van der Waals surface area contributed by atoms with Gasteiger partial charge in [-0.3, -0.25) is 9.36 Å². The molecule has 8 heteroatoms. The number of aromatic nitrogens is 1. The molecule has 2 heterocycles. The summed E-state index contributed by atoms with van der Waals surface area (Å²) in [6, 6.07) is 18.9. The van der Waals surface area contributed by atoms with Crippen molar-refractivity contribution in [2.75, 3.05) is 13.7 Å². The minimum Gasteiger partial charge on any atom is -0.496 e. The normalized spacial score (nSPS) is 15.6. The number of allylic oxidation sites excluding steroid dienone is 1. The fraction of sp³-hybridized carbons (Fsp3) is 0.179. The molecule has 4 aromatic rings. The predicted octanol–water partition coefficient (Wildman–Crippen LogP) is 4.56. The number of fused-ring (bicyclic) bond motifs is 2. The van der Waals surface area contributed by atoms with Crippen LogP contribution in [-0.2, 0) is 9.53 Å². The predicted molar refractivity (Wildman–Crippen MR) is 150 cm³/mol. The maximum Gasteiger partial charge on any atom is 0.338 e. The average Bonchev–Trinajstić information content (AvgIpc) is 3.18. The minimum atomic E-state index is -0.750. The Bertz CT molecular complexity index is 1700. The van der Waals surface area contributed by atoms with Gasteiger partial charge in [0.25, 0.3) is 5.56 Å². The zero-order chi connectivity index (χ0) is 25.4. The third-order valence-corrected chi connectivity index (χ3v) is 7.81. The van der Waals surface area contributed by atoms with Crippen LogP contribution < -0.4 is 19.6 Å². The highest BCUT2D eigenvalue weighted by Gasteiger charge is 2.36. The van der Waals surface area contributed by atoms with E-state index in [0.717, 1.165) is 25.5 Å². The molecule has 0 spiro atoms. The van der Waals surface area contributed by atoms with Crippen LogP contribution in [0.25, 0.3) is 16.8 Å². The Hall–Kier alpha value is -3.24. The molecule has 36 heavy (non-hydrogen) atoms. The molecule has 0 radical (unpaired) electrons. The standard InChI is InChI=1S/C28H23IN2O4S/c1-4-35-27(33)23-16(2)30-28-31(26(32)22(36-28)15-17-9-12-19(29)13-10-17)25(23)24-20-8-6-5-7-18(20)11-14-21(24)34-3/h5-15,25H,4H2,1-3H3/b22-15+/t25-/m1/s1. The Kier molecular flexibility index (Phi) is 6.81. The van der Waals surface area contributed by atoms with Gasteiger partial charge >= 0.3 is 5.97 Å². The second kappa shape index (κ2) is 10.0. The van der Waals surface area contributed by atoms with E-state index in [4.69, 9.17) is 9.47 Å². The quantitative estimate of drug-likeness (QED) is 0.246. The van der Waals surface area contributed by atoms with Gasteiger partial charge in [-0.2, -0.15) is 0 Å². The summed E-state index contributed by atoms with van der Waals surface area (Å²) in [5.74, 6) is 0.0908. The summed E-state index contributed by atoms with van der Waals surface area (Å²) in [5.41, 5.74) is 2.29. The maximum atomic E-state index is 13.9. The SMILES string of the molecule is CCOC(=O)C1=C(C)N=c2s/c(=C/c3ccc(I)cc3)c(=O)n2[C@H]1c1c(OC)ccc2ccccc12. The number of ether oxygens (including phenoxy) is 2. The van der Waals surface area contributed by atoms with Crippen molar-refractivity contribution in [3.63, 3.8) is 0 Å². The number of halogens is 1. The highest BCUT2D eigenvalue weighted by Crippen LogP contribution is 2.40. The molecule has 0 amide bonds. The third kappa shape index (κ3) is 4.28. The largest absolute Gasteiger partial charge is 0.496 e. The van der Waals surface area contributed by atoms with E-state index in [9.17, 15) is 9.59 Å². The number of nitrogens with zero attached hydrogens (tertiary/aromatic N) is 2. The first-order valence-electron chi connectivity index (χ1n) is 11.4.